The van der Waals surface area contributed by atoms with Crippen molar-refractivity contribution in [2.24, 2.45) is 0 Å². The van der Waals surface area contributed by atoms with Gasteiger partial charge in [0, 0.05) is 10.6 Å². The van der Waals surface area contributed by atoms with Crippen molar-refractivity contribution >= 4 is 46.2 Å². The number of nitrogens with zero attached hydrogens (tertiary/aromatic N) is 4. The van der Waals surface area contributed by atoms with Crippen molar-refractivity contribution in [2.45, 2.75) is 128 Å². The molecule has 0 amide bonds. The van der Waals surface area contributed by atoms with Crippen molar-refractivity contribution in [1.29, 1.82) is 0 Å². The van der Waals surface area contributed by atoms with Gasteiger partial charge in [0.1, 0.15) is 18.2 Å². The van der Waals surface area contributed by atoms with Crippen LogP contribution in [0.2, 0.25) is 0 Å². The number of benzene rings is 1. The number of anilines is 1. The van der Waals surface area contributed by atoms with Gasteiger partial charge in [0.2, 0.25) is 0 Å². The molecular weight excluding hydrogens is 613 g/mol. The fourth-order valence-corrected chi connectivity index (χ4v) is 8.01. The van der Waals surface area contributed by atoms with E-state index in [9.17, 15) is 9.46 Å². The SMILES string of the molecule is CCCCCCCCCCCCCCCCSSc1cccc(COP(=O)(O)CO[C@H](C)Cn2cnc3c(N)ncnc32)c1. The van der Waals surface area contributed by atoms with Crippen LogP contribution in [0.15, 0.2) is 41.8 Å². The molecule has 3 aromatic rings. The quantitative estimate of drug-likeness (QED) is 0.0513. The lowest BCUT2D eigenvalue weighted by Crippen LogP contribution is -2.17. The first-order valence-corrected chi connectivity index (χ1v) is 20.3. The van der Waals surface area contributed by atoms with Crippen molar-refractivity contribution in [3.63, 3.8) is 0 Å². The minimum atomic E-state index is -3.93. The topological polar surface area (TPSA) is 125 Å². The number of hydrogen-bond donors (Lipinski definition) is 2. The van der Waals surface area contributed by atoms with Gasteiger partial charge in [-0.05, 0) is 31.0 Å². The van der Waals surface area contributed by atoms with E-state index in [1.807, 2.05) is 35.9 Å². The second-order valence-corrected chi connectivity index (χ2v) is 15.8. The monoisotopic (exact) mass is 665 g/mol. The number of rotatable bonds is 25. The number of aromatic nitrogens is 4. The second kappa shape index (κ2) is 21.2. The molecule has 2 aromatic heterocycles. The number of unbranched alkanes of at least 4 members (excludes halogenated alkanes) is 13. The second-order valence-electron chi connectivity index (χ2n) is 11.5. The fourth-order valence-electron chi connectivity index (χ4n) is 4.95. The molecule has 0 aliphatic heterocycles. The molecule has 2 atom stereocenters. The Morgan fingerprint density at radius 1 is 0.955 bits per heavy atom. The zero-order valence-corrected chi connectivity index (χ0v) is 29.1. The molecule has 1 unspecified atom stereocenters. The third kappa shape index (κ3) is 14.6. The van der Waals surface area contributed by atoms with Gasteiger partial charge in [-0.2, -0.15) is 0 Å². The number of nitrogens with two attached hydrogens (primary N) is 1. The maximum atomic E-state index is 12.6. The van der Waals surface area contributed by atoms with Crippen LogP contribution in [0.5, 0.6) is 0 Å². The Morgan fingerprint density at radius 3 is 2.30 bits per heavy atom. The normalized spacial score (nSPS) is 13.8. The van der Waals surface area contributed by atoms with Crippen LogP contribution < -0.4 is 5.73 Å². The van der Waals surface area contributed by atoms with Crippen LogP contribution >= 0.6 is 29.2 Å². The summed E-state index contributed by atoms with van der Waals surface area (Å²) >= 11 is 0. The summed E-state index contributed by atoms with van der Waals surface area (Å²) in [6.45, 7) is 4.53. The van der Waals surface area contributed by atoms with Gasteiger partial charge in [0.05, 0.1) is 25.6 Å². The van der Waals surface area contributed by atoms with Crippen molar-refractivity contribution in [2.75, 3.05) is 17.8 Å². The summed E-state index contributed by atoms with van der Waals surface area (Å²) in [7, 11) is -0.314. The van der Waals surface area contributed by atoms with E-state index in [4.69, 9.17) is 15.0 Å². The number of hydrogen-bond acceptors (Lipinski definition) is 9. The molecule has 0 fully saturated rings. The molecule has 0 aliphatic rings. The summed E-state index contributed by atoms with van der Waals surface area (Å²) in [5.74, 6) is 1.43. The van der Waals surface area contributed by atoms with E-state index < -0.39 is 13.9 Å². The molecule has 12 heteroatoms. The van der Waals surface area contributed by atoms with Crippen LogP contribution in [0, 0.1) is 0 Å². The molecule has 246 valence electrons. The third-order valence-corrected chi connectivity index (χ3v) is 10.9. The van der Waals surface area contributed by atoms with E-state index in [-0.39, 0.29) is 12.7 Å². The molecule has 1 aromatic carbocycles. The van der Waals surface area contributed by atoms with Gasteiger partial charge in [-0.1, -0.05) is 124 Å². The Hall–Kier alpha value is -1.62. The minimum absolute atomic E-state index is 0.0475. The summed E-state index contributed by atoms with van der Waals surface area (Å²) in [6, 6.07) is 7.95. The standard InChI is InChI=1S/C32H52N5O4PS2/c1-3-4-5-6-7-8-9-10-11-12-13-14-15-16-20-43-44-29-19-17-18-28(21-29)23-41-42(38,39)26-40-27(2)22-37-25-36-30-31(33)34-24-35-32(30)37/h17-19,21,24-25,27H,3-16,20,22-23,26H2,1-2H3,(H,38,39)(H2,33,34,35)/t27-/m1/s1. The van der Waals surface area contributed by atoms with E-state index >= 15 is 0 Å². The van der Waals surface area contributed by atoms with Gasteiger partial charge in [-0.15, -0.1) is 0 Å². The van der Waals surface area contributed by atoms with E-state index in [0.29, 0.717) is 23.5 Å². The van der Waals surface area contributed by atoms with Crippen LogP contribution in [0.4, 0.5) is 5.82 Å². The van der Waals surface area contributed by atoms with Gasteiger partial charge in [-0.25, -0.2) is 15.0 Å². The maximum Gasteiger partial charge on any atom is 0.353 e. The van der Waals surface area contributed by atoms with Crippen LogP contribution in [0.1, 0.15) is 109 Å². The molecule has 44 heavy (non-hydrogen) atoms. The van der Waals surface area contributed by atoms with Gasteiger partial charge in [0.15, 0.2) is 11.5 Å². The Morgan fingerprint density at radius 2 is 1.61 bits per heavy atom. The average Bonchev–Trinajstić information content (AvgIpc) is 3.43. The van der Waals surface area contributed by atoms with Gasteiger partial charge in [0.25, 0.3) is 0 Å². The molecule has 3 N–H and O–H groups in total. The third-order valence-electron chi connectivity index (χ3n) is 7.47. The van der Waals surface area contributed by atoms with Gasteiger partial charge >= 0.3 is 7.60 Å². The highest BCUT2D eigenvalue weighted by molar-refractivity contribution is 8.76. The zero-order chi connectivity index (χ0) is 31.5. The molecule has 2 heterocycles. The summed E-state index contributed by atoms with van der Waals surface area (Å²) in [6.07, 6.45) is 21.5. The maximum absolute atomic E-state index is 12.6. The van der Waals surface area contributed by atoms with E-state index in [2.05, 4.69) is 27.9 Å². The number of ether oxygens (including phenoxy) is 1. The summed E-state index contributed by atoms with van der Waals surface area (Å²) < 4.78 is 25.4. The zero-order valence-electron chi connectivity index (χ0n) is 26.6. The lowest BCUT2D eigenvalue weighted by molar-refractivity contribution is 0.0708. The predicted octanol–water partition coefficient (Wildman–Crippen LogP) is 9.39. The smallest absolute Gasteiger partial charge is 0.353 e. The molecule has 0 aliphatic carbocycles. The number of nitrogen functional groups attached to an aromatic ring is 1. The summed E-state index contributed by atoms with van der Waals surface area (Å²) in [4.78, 5) is 23.8. The first-order chi connectivity index (χ1) is 21.4. The molecule has 0 radical (unpaired) electrons. The molecule has 0 spiro atoms. The summed E-state index contributed by atoms with van der Waals surface area (Å²) in [5.41, 5.74) is 7.80. The molecule has 3 rings (SSSR count). The van der Waals surface area contributed by atoms with Crippen molar-refractivity contribution in [3.8, 4) is 0 Å². The van der Waals surface area contributed by atoms with Crippen LogP contribution in [0.3, 0.4) is 0 Å². The number of imidazole rings is 1. The van der Waals surface area contributed by atoms with Crippen molar-refractivity contribution in [1.82, 2.24) is 19.5 Å². The minimum Gasteiger partial charge on any atom is -0.382 e. The highest BCUT2D eigenvalue weighted by atomic mass is 33.1. The van der Waals surface area contributed by atoms with Crippen LogP contribution in [0.25, 0.3) is 11.2 Å². The van der Waals surface area contributed by atoms with Crippen molar-refractivity contribution < 1.29 is 18.7 Å². The van der Waals surface area contributed by atoms with Gasteiger partial charge in [-0.3, -0.25) is 4.57 Å². The van der Waals surface area contributed by atoms with Crippen LogP contribution in [-0.4, -0.2) is 42.6 Å². The Labute approximate surface area is 271 Å². The first kappa shape index (κ1) is 36.8. The Kier molecular flexibility index (Phi) is 17.8. The Bertz CT molecular complexity index is 1260. The molecule has 0 bridgehead atoms. The fraction of sp³-hybridized carbons (Fsp3) is 0.656. The molecule has 9 nitrogen and oxygen atoms in total. The molecule has 0 saturated heterocycles. The predicted molar refractivity (Wildman–Crippen MR) is 185 cm³/mol. The Balaban J connectivity index is 1.22. The van der Waals surface area contributed by atoms with E-state index in [0.717, 1.165) is 16.2 Å². The lowest BCUT2D eigenvalue weighted by Gasteiger charge is -2.17. The lowest BCUT2D eigenvalue weighted by atomic mass is 10.0. The average molecular weight is 666 g/mol. The highest BCUT2D eigenvalue weighted by Gasteiger charge is 2.22. The molecular formula is C32H52N5O4PS2. The van der Waals surface area contributed by atoms with Gasteiger partial charge < -0.3 is 24.5 Å². The van der Waals surface area contributed by atoms with E-state index in [1.54, 1.807) is 21.7 Å². The number of fused-ring (bicyclic) bond motifs is 1. The summed E-state index contributed by atoms with van der Waals surface area (Å²) in [5, 5.41) is 0. The largest absolute Gasteiger partial charge is 0.382 e. The highest BCUT2D eigenvalue weighted by Crippen LogP contribution is 2.43. The van der Waals surface area contributed by atoms with Crippen molar-refractivity contribution in [3.05, 3.63) is 42.5 Å². The van der Waals surface area contributed by atoms with Crippen LogP contribution in [-0.2, 0) is 27.0 Å². The first-order valence-electron chi connectivity index (χ1n) is 16.3. The molecule has 0 saturated carbocycles. The van der Waals surface area contributed by atoms with E-state index in [1.165, 1.54) is 96.2 Å².